The molecule has 19 heavy (non-hydrogen) atoms. The van der Waals surface area contributed by atoms with Gasteiger partial charge < -0.3 is 15.0 Å². The second-order valence-electron chi connectivity index (χ2n) is 4.82. The fraction of sp³-hybridized carbons (Fsp3) is 0.385. The molecular formula is C13H15N3O3. The molecule has 0 bridgehead atoms. The number of β-amino-alcohol motifs (C(OH)–C–C–N with tert-alkyl or cyclic N) is 1. The summed E-state index contributed by atoms with van der Waals surface area (Å²) >= 11 is 0. The first-order chi connectivity index (χ1) is 9.15. The summed E-state index contributed by atoms with van der Waals surface area (Å²) in [5.41, 5.74) is 1.16. The summed E-state index contributed by atoms with van der Waals surface area (Å²) in [6.45, 7) is 0.919. The summed E-state index contributed by atoms with van der Waals surface area (Å²) in [4.78, 5) is 28.3. The number of benzene rings is 1. The minimum atomic E-state index is -0.441. The fourth-order valence-corrected chi connectivity index (χ4v) is 2.47. The number of amides is 1. The summed E-state index contributed by atoms with van der Waals surface area (Å²) in [5, 5.41) is 9.43. The number of imidazole rings is 1. The summed E-state index contributed by atoms with van der Waals surface area (Å²) < 4.78 is 1.43. The van der Waals surface area contributed by atoms with Gasteiger partial charge in [0.25, 0.3) is 0 Å². The molecule has 2 N–H and O–H groups in total. The Hall–Kier alpha value is -2.08. The molecule has 1 atom stereocenters. The monoisotopic (exact) mass is 261 g/mol. The SMILES string of the molecule is O=C(Cn1c(=O)[nH]c2ccccc21)N1CC[C@@H](O)C1. The van der Waals surface area contributed by atoms with Crippen LogP contribution in [0.4, 0.5) is 0 Å². The second kappa shape index (κ2) is 4.55. The van der Waals surface area contributed by atoms with E-state index in [-0.39, 0.29) is 18.1 Å². The number of aliphatic hydroxyl groups excluding tert-OH is 1. The maximum atomic E-state index is 12.1. The average Bonchev–Trinajstić information content (AvgIpc) is 2.95. The van der Waals surface area contributed by atoms with Gasteiger partial charge in [-0.15, -0.1) is 0 Å². The zero-order valence-corrected chi connectivity index (χ0v) is 10.4. The van der Waals surface area contributed by atoms with Crippen LogP contribution in [0.3, 0.4) is 0 Å². The fourth-order valence-electron chi connectivity index (χ4n) is 2.47. The van der Waals surface area contributed by atoms with Gasteiger partial charge in [-0.05, 0) is 18.6 Å². The smallest absolute Gasteiger partial charge is 0.326 e. The maximum absolute atomic E-state index is 12.1. The number of aliphatic hydroxyl groups is 1. The van der Waals surface area contributed by atoms with Gasteiger partial charge in [0.1, 0.15) is 6.54 Å². The van der Waals surface area contributed by atoms with Gasteiger partial charge in [0.2, 0.25) is 5.91 Å². The number of aromatic nitrogens is 2. The summed E-state index contributed by atoms with van der Waals surface area (Å²) in [7, 11) is 0. The molecule has 0 spiro atoms. The van der Waals surface area contributed by atoms with Gasteiger partial charge in [-0.3, -0.25) is 9.36 Å². The topological polar surface area (TPSA) is 78.3 Å². The van der Waals surface area contributed by atoms with Crippen LogP contribution < -0.4 is 5.69 Å². The molecule has 0 unspecified atom stereocenters. The summed E-state index contributed by atoms with van der Waals surface area (Å²) in [6.07, 6.45) is 0.165. The van der Waals surface area contributed by atoms with E-state index in [2.05, 4.69) is 4.98 Å². The Morgan fingerprint density at radius 2 is 2.21 bits per heavy atom. The van der Waals surface area contributed by atoms with Gasteiger partial charge in [-0.2, -0.15) is 0 Å². The highest BCUT2D eigenvalue weighted by atomic mass is 16.3. The summed E-state index contributed by atoms with van der Waals surface area (Å²) in [6, 6.07) is 7.27. The normalized spacial score (nSPS) is 19.2. The number of hydrogen-bond donors (Lipinski definition) is 2. The van der Waals surface area contributed by atoms with Crippen molar-refractivity contribution in [1.82, 2.24) is 14.5 Å². The van der Waals surface area contributed by atoms with Crippen LogP contribution in [0.15, 0.2) is 29.1 Å². The lowest BCUT2D eigenvalue weighted by atomic mass is 10.3. The number of H-pyrrole nitrogens is 1. The second-order valence-corrected chi connectivity index (χ2v) is 4.82. The zero-order chi connectivity index (χ0) is 13.4. The number of nitrogens with one attached hydrogen (secondary N) is 1. The molecular weight excluding hydrogens is 246 g/mol. The Bertz CT molecular complexity index is 673. The molecule has 1 aromatic heterocycles. The van der Waals surface area contributed by atoms with Crippen LogP contribution in [0.2, 0.25) is 0 Å². The molecule has 0 saturated carbocycles. The van der Waals surface area contributed by atoms with Crippen molar-refractivity contribution in [2.45, 2.75) is 19.1 Å². The van der Waals surface area contributed by atoms with Crippen LogP contribution in [0.5, 0.6) is 0 Å². The van der Waals surface area contributed by atoms with Crippen molar-refractivity contribution in [1.29, 1.82) is 0 Å². The standard InChI is InChI=1S/C13H15N3O3/c17-9-5-6-15(7-9)12(18)8-16-11-4-2-1-3-10(11)14-13(16)19/h1-4,9,17H,5-8H2,(H,14,19)/t9-/m1/s1. The quantitative estimate of drug-likeness (QED) is 0.794. The van der Waals surface area contributed by atoms with Gasteiger partial charge in [0.15, 0.2) is 0 Å². The molecule has 6 nitrogen and oxygen atoms in total. The first kappa shape index (κ1) is 12.0. The van der Waals surface area contributed by atoms with Gasteiger partial charge in [0.05, 0.1) is 17.1 Å². The first-order valence-corrected chi connectivity index (χ1v) is 6.28. The number of fused-ring (bicyclic) bond motifs is 1. The summed E-state index contributed by atoms with van der Waals surface area (Å²) in [5.74, 6) is -0.136. The maximum Gasteiger partial charge on any atom is 0.326 e. The van der Waals surface area contributed by atoms with Crippen LogP contribution in [0.1, 0.15) is 6.42 Å². The predicted octanol–water partition coefficient (Wildman–Crippen LogP) is -0.0772. The van der Waals surface area contributed by atoms with Crippen molar-refractivity contribution in [3.63, 3.8) is 0 Å². The molecule has 1 aliphatic heterocycles. The van der Waals surface area contributed by atoms with E-state index in [9.17, 15) is 14.7 Å². The highest BCUT2D eigenvalue weighted by molar-refractivity contribution is 5.80. The highest BCUT2D eigenvalue weighted by Gasteiger charge is 2.25. The number of rotatable bonds is 2. The van der Waals surface area contributed by atoms with Crippen molar-refractivity contribution >= 4 is 16.9 Å². The molecule has 1 fully saturated rings. The van der Waals surface area contributed by atoms with Crippen molar-refractivity contribution in [2.24, 2.45) is 0 Å². The highest BCUT2D eigenvalue weighted by Crippen LogP contribution is 2.12. The Morgan fingerprint density at radius 3 is 2.95 bits per heavy atom. The lowest BCUT2D eigenvalue weighted by Gasteiger charge is -2.15. The molecule has 1 aromatic carbocycles. The number of carbonyl (C=O) groups excluding carboxylic acids is 1. The molecule has 0 radical (unpaired) electrons. The van der Waals surface area contributed by atoms with E-state index in [1.165, 1.54) is 4.57 Å². The number of likely N-dealkylation sites (tertiary alicyclic amines) is 1. The third kappa shape index (κ3) is 2.15. The molecule has 6 heteroatoms. The van der Waals surface area contributed by atoms with E-state index in [4.69, 9.17) is 0 Å². The van der Waals surface area contributed by atoms with E-state index < -0.39 is 6.10 Å². The molecule has 100 valence electrons. The molecule has 1 aliphatic rings. The van der Waals surface area contributed by atoms with E-state index in [1.54, 1.807) is 17.0 Å². The third-order valence-corrected chi connectivity index (χ3v) is 3.49. The van der Waals surface area contributed by atoms with E-state index in [0.717, 1.165) is 11.0 Å². The molecule has 0 aliphatic carbocycles. The third-order valence-electron chi connectivity index (χ3n) is 3.49. The Labute approximate surface area is 109 Å². The minimum Gasteiger partial charge on any atom is -0.391 e. The van der Waals surface area contributed by atoms with Crippen molar-refractivity contribution in [2.75, 3.05) is 13.1 Å². The van der Waals surface area contributed by atoms with Gasteiger partial charge >= 0.3 is 5.69 Å². The Kier molecular flexibility index (Phi) is 2.87. The number of nitrogens with zero attached hydrogens (tertiary/aromatic N) is 2. The van der Waals surface area contributed by atoms with Crippen LogP contribution in [0, 0.1) is 0 Å². The lowest BCUT2D eigenvalue weighted by Crippen LogP contribution is -2.34. The van der Waals surface area contributed by atoms with E-state index in [0.29, 0.717) is 19.5 Å². The lowest BCUT2D eigenvalue weighted by molar-refractivity contribution is -0.131. The predicted molar refractivity (Wildman–Crippen MR) is 69.8 cm³/mol. The van der Waals surface area contributed by atoms with Gasteiger partial charge in [0, 0.05) is 13.1 Å². The van der Waals surface area contributed by atoms with Crippen molar-refractivity contribution in [3.05, 3.63) is 34.7 Å². The van der Waals surface area contributed by atoms with Crippen LogP contribution in [0.25, 0.3) is 11.0 Å². The molecule has 2 aromatic rings. The van der Waals surface area contributed by atoms with Gasteiger partial charge in [-0.1, -0.05) is 12.1 Å². The number of carbonyl (C=O) groups is 1. The number of aromatic amines is 1. The number of para-hydroxylation sites is 2. The van der Waals surface area contributed by atoms with Crippen molar-refractivity contribution < 1.29 is 9.90 Å². The van der Waals surface area contributed by atoms with E-state index in [1.807, 2.05) is 12.1 Å². The van der Waals surface area contributed by atoms with E-state index >= 15 is 0 Å². The zero-order valence-electron chi connectivity index (χ0n) is 10.4. The largest absolute Gasteiger partial charge is 0.391 e. The van der Waals surface area contributed by atoms with Gasteiger partial charge in [-0.25, -0.2) is 4.79 Å². The first-order valence-electron chi connectivity index (χ1n) is 6.28. The Balaban J connectivity index is 1.87. The van der Waals surface area contributed by atoms with Crippen LogP contribution in [-0.2, 0) is 11.3 Å². The minimum absolute atomic E-state index is 0.00949. The molecule has 1 amide bonds. The molecule has 2 heterocycles. The van der Waals surface area contributed by atoms with Crippen LogP contribution >= 0.6 is 0 Å². The Morgan fingerprint density at radius 1 is 1.42 bits per heavy atom. The van der Waals surface area contributed by atoms with Crippen LogP contribution in [-0.4, -0.2) is 44.7 Å². The molecule has 1 saturated heterocycles. The van der Waals surface area contributed by atoms with Crippen molar-refractivity contribution in [3.8, 4) is 0 Å². The average molecular weight is 261 g/mol. The molecule has 3 rings (SSSR count). The number of hydrogen-bond acceptors (Lipinski definition) is 3.